The van der Waals surface area contributed by atoms with E-state index >= 15 is 0 Å². The molecule has 23 heavy (non-hydrogen) atoms. The van der Waals surface area contributed by atoms with E-state index in [1.807, 2.05) is 25.1 Å². The molecule has 130 valence electrons. The molecule has 1 fully saturated rings. The molecular formula is C16H25ClN2O4. The molecule has 1 amide bonds. The van der Waals surface area contributed by atoms with Gasteiger partial charge >= 0.3 is 0 Å². The molecule has 0 saturated carbocycles. The minimum atomic E-state index is -0.391. The van der Waals surface area contributed by atoms with Crippen molar-refractivity contribution in [2.24, 2.45) is 5.73 Å². The van der Waals surface area contributed by atoms with Crippen molar-refractivity contribution >= 4 is 18.3 Å². The minimum absolute atomic E-state index is 0. The molecule has 0 aliphatic carbocycles. The van der Waals surface area contributed by atoms with Crippen molar-refractivity contribution < 1.29 is 19.0 Å². The predicted octanol–water partition coefficient (Wildman–Crippen LogP) is 1.64. The topological polar surface area (TPSA) is 82.8 Å². The second-order valence-corrected chi connectivity index (χ2v) is 5.20. The number of amides is 1. The van der Waals surface area contributed by atoms with Gasteiger partial charge in [-0.25, -0.2) is 0 Å². The van der Waals surface area contributed by atoms with Gasteiger partial charge in [0, 0.05) is 13.1 Å². The molecule has 7 heteroatoms. The number of nitrogens with two attached hydrogens (primary N) is 1. The number of halogens is 1. The van der Waals surface area contributed by atoms with Crippen LogP contribution in [0.1, 0.15) is 25.3 Å². The maximum Gasteiger partial charge on any atom is 0.249 e. The first-order chi connectivity index (χ1) is 10.7. The first kappa shape index (κ1) is 19.5. The van der Waals surface area contributed by atoms with E-state index in [0.29, 0.717) is 31.2 Å². The molecule has 0 bridgehead atoms. The molecular weight excluding hydrogens is 320 g/mol. The van der Waals surface area contributed by atoms with Crippen LogP contribution in [0.15, 0.2) is 18.2 Å². The first-order valence-corrected chi connectivity index (χ1v) is 7.60. The van der Waals surface area contributed by atoms with Gasteiger partial charge in [-0.05, 0) is 37.5 Å². The molecule has 0 spiro atoms. The zero-order valence-corrected chi connectivity index (χ0v) is 14.4. The lowest BCUT2D eigenvalue weighted by Gasteiger charge is -2.14. The maximum atomic E-state index is 12.1. The Morgan fingerprint density at radius 3 is 2.78 bits per heavy atom. The molecule has 1 saturated heterocycles. The second kappa shape index (κ2) is 9.60. The van der Waals surface area contributed by atoms with E-state index in [0.717, 1.165) is 18.4 Å². The lowest BCUT2D eigenvalue weighted by molar-refractivity contribution is -0.132. The molecule has 2 atom stereocenters. The van der Waals surface area contributed by atoms with Gasteiger partial charge in [-0.15, -0.1) is 12.4 Å². The zero-order valence-electron chi connectivity index (χ0n) is 13.5. The Morgan fingerprint density at radius 2 is 2.17 bits per heavy atom. The number of nitrogens with one attached hydrogen (secondary N) is 1. The standard InChI is InChI=1S/C16H24N2O4.ClH/c1-3-21-13-6-4-11(8-15(13)20-2)10-18-16(19)14-7-5-12(9-17)22-14;/h4,6,8,12,14H,3,5,7,9-10,17H2,1-2H3,(H,18,19);1H/t12-,14+;/m1./s1. The van der Waals surface area contributed by atoms with Gasteiger partial charge in [0.05, 0.1) is 19.8 Å². The second-order valence-electron chi connectivity index (χ2n) is 5.20. The normalized spacial score (nSPS) is 19.8. The fourth-order valence-electron chi connectivity index (χ4n) is 2.47. The SMILES string of the molecule is CCOc1ccc(CNC(=O)[C@@H]2CC[C@H](CN)O2)cc1OC.Cl. The van der Waals surface area contributed by atoms with Gasteiger partial charge in [-0.3, -0.25) is 4.79 Å². The third-order valence-corrected chi connectivity index (χ3v) is 3.66. The van der Waals surface area contributed by atoms with Crippen LogP contribution in [0.2, 0.25) is 0 Å². The number of carbonyl (C=O) groups is 1. The van der Waals surface area contributed by atoms with Crippen LogP contribution in [0.5, 0.6) is 11.5 Å². The quantitative estimate of drug-likeness (QED) is 0.785. The van der Waals surface area contributed by atoms with Crippen molar-refractivity contribution in [2.75, 3.05) is 20.3 Å². The summed E-state index contributed by atoms with van der Waals surface area (Å²) in [5.41, 5.74) is 6.50. The van der Waals surface area contributed by atoms with Gasteiger partial charge in [0.2, 0.25) is 5.91 Å². The van der Waals surface area contributed by atoms with Crippen molar-refractivity contribution in [2.45, 2.75) is 38.5 Å². The number of hydrogen-bond acceptors (Lipinski definition) is 5. The van der Waals surface area contributed by atoms with Gasteiger partial charge in [0.15, 0.2) is 11.5 Å². The summed E-state index contributed by atoms with van der Waals surface area (Å²) in [7, 11) is 1.60. The molecule has 1 aliphatic heterocycles. The molecule has 6 nitrogen and oxygen atoms in total. The maximum absolute atomic E-state index is 12.1. The Labute approximate surface area is 143 Å². The van der Waals surface area contributed by atoms with E-state index in [1.165, 1.54) is 0 Å². The van der Waals surface area contributed by atoms with Crippen LogP contribution in [0, 0.1) is 0 Å². The first-order valence-electron chi connectivity index (χ1n) is 7.60. The summed E-state index contributed by atoms with van der Waals surface area (Å²) in [5.74, 6) is 1.27. The van der Waals surface area contributed by atoms with Crippen LogP contribution in [0.4, 0.5) is 0 Å². The lowest BCUT2D eigenvalue weighted by Crippen LogP contribution is -2.35. The summed E-state index contributed by atoms with van der Waals surface area (Å²) in [6.45, 7) is 3.38. The molecule has 0 unspecified atom stereocenters. The number of carbonyl (C=O) groups excluding carboxylic acids is 1. The van der Waals surface area contributed by atoms with Crippen molar-refractivity contribution in [1.82, 2.24) is 5.32 Å². The summed E-state index contributed by atoms with van der Waals surface area (Å²) < 4.78 is 16.3. The van der Waals surface area contributed by atoms with Gasteiger partial charge in [0.25, 0.3) is 0 Å². The van der Waals surface area contributed by atoms with Gasteiger partial charge in [-0.2, -0.15) is 0 Å². The Bertz CT molecular complexity index is 513. The van der Waals surface area contributed by atoms with Crippen LogP contribution in [-0.2, 0) is 16.1 Å². The molecule has 2 rings (SSSR count). The van der Waals surface area contributed by atoms with E-state index in [1.54, 1.807) is 7.11 Å². The van der Waals surface area contributed by atoms with E-state index < -0.39 is 6.10 Å². The number of benzene rings is 1. The Hall–Kier alpha value is -1.50. The summed E-state index contributed by atoms with van der Waals surface area (Å²) >= 11 is 0. The minimum Gasteiger partial charge on any atom is -0.493 e. The van der Waals surface area contributed by atoms with Crippen LogP contribution >= 0.6 is 12.4 Å². The summed E-state index contributed by atoms with van der Waals surface area (Å²) in [4.78, 5) is 12.1. The lowest BCUT2D eigenvalue weighted by atomic mass is 10.1. The molecule has 1 aromatic rings. The number of methoxy groups -OCH3 is 1. The molecule has 1 aliphatic rings. The van der Waals surface area contributed by atoms with Crippen LogP contribution < -0.4 is 20.5 Å². The smallest absolute Gasteiger partial charge is 0.249 e. The zero-order chi connectivity index (χ0) is 15.9. The monoisotopic (exact) mass is 344 g/mol. The van der Waals surface area contributed by atoms with Crippen LogP contribution in [0.3, 0.4) is 0 Å². The molecule has 1 aromatic carbocycles. The summed E-state index contributed by atoms with van der Waals surface area (Å²) in [6.07, 6.45) is 1.17. The average molecular weight is 345 g/mol. The van der Waals surface area contributed by atoms with E-state index in [9.17, 15) is 4.79 Å². The van der Waals surface area contributed by atoms with Crippen molar-refractivity contribution in [3.05, 3.63) is 23.8 Å². The van der Waals surface area contributed by atoms with Crippen molar-refractivity contribution in [1.29, 1.82) is 0 Å². The van der Waals surface area contributed by atoms with Gasteiger partial charge < -0.3 is 25.3 Å². The molecule has 0 aromatic heterocycles. The van der Waals surface area contributed by atoms with E-state index in [2.05, 4.69) is 5.32 Å². The van der Waals surface area contributed by atoms with Crippen molar-refractivity contribution in [3.63, 3.8) is 0 Å². The van der Waals surface area contributed by atoms with Gasteiger partial charge in [-0.1, -0.05) is 6.07 Å². The molecule has 3 N–H and O–H groups in total. The fraction of sp³-hybridized carbons (Fsp3) is 0.562. The molecule has 1 heterocycles. The highest BCUT2D eigenvalue weighted by molar-refractivity contribution is 5.85. The highest BCUT2D eigenvalue weighted by atomic mass is 35.5. The van der Waals surface area contributed by atoms with Gasteiger partial charge in [0.1, 0.15) is 6.10 Å². The Kier molecular flexibility index (Phi) is 8.16. The van der Waals surface area contributed by atoms with Crippen molar-refractivity contribution in [3.8, 4) is 11.5 Å². The van der Waals surface area contributed by atoms with Crippen LogP contribution in [0.25, 0.3) is 0 Å². The predicted molar refractivity (Wildman–Crippen MR) is 90.2 cm³/mol. The number of hydrogen-bond donors (Lipinski definition) is 2. The largest absolute Gasteiger partial charge is 0.493 e. The molecule has 0 radical (unpaired) electrons. The number of rotatable bonds is 7. The highest BCUT2D eigenvalue weighted by Gasteiger charge is 2.29. The summed E-state index contributed by atoms with van der Waals surface area (Å²) in [5, 5.41) is 2.89. The van der Waals surface area contributed by atoms with E-state index in [4.69, 9.17) is 19.9 Å². The Balaban J connectivity index is 0.00000264. The van der Waals surface area contributed by atoms with Crippen LogP contribution in [-0.4, -0.2) is 38.4 Å². The fourth-order valence-corrected chi connectivity index (χ4v) is 2.47. The summed E-state index contributed by atoms with van der Waals surface area (Å²) in [6, 6.07) is 5.62. The number of ether oxygens (including phenoxy) is 3. The third kappa shape index (κ3) is 5.27. The average Bonchev–Trinajstić information content (AvgIpc) is 3.03. The van der Waals surface area contributed by atoms with E-state index in [-0.39, 0.29) is 24.4 Å². The Morgan fingerprint density at radius 1 is 1.39 bits per heavy atom. The highest BCUT2D eigenvalue weighted by Crippen LogP contribution is 2.28. The third-order valence-electron chi connectivity index (χ3n) is 3.66.